The third-order valence-electron chi connectivity index (χ3n) is 8.49. The summed E-state index contributed by atoms with van der Waals surface area (Å²) < 4.78 is 35.7. The third kappa shape index (κ3) is 8.81. The smallest absolute Gasteiger partial charge is 0.264 e. The van der Waals surface area contributed by atoms with Gasteiger partial charge in [0.25, 0.3) is 10.0 Å². The van der Waals surface area contributed by atoms with Crippen LogP contribution in [0, 0.1) is 6.92 Å². The second-order valence-electron chi connectivity index (χ2n) is 11.9. The van der Waals surface area contributed by atoms with Crippen LogP contribution in [0.1, 0.15) is 42.4 Å². The number of sulfonamides is 1. The van der Waals surface area contributed by atoms with Crippen molar-refractivity contribution in [2.75, 3.05) is 18.0 Å². The van der Waals surface area contributed by atoms with Crippen LogP contribution in [-0.2, 0) is 32.6 Å². The third-order valence-corrected chi connectivity index (χ3v) is 10.8. The fraction of sp³-hybridized carbons (Fsp3) is 0.297. The molecule has 1 atom stereocenters. The lowest BCUT2D eigenvalue weighted by Gasteiger charge is -2.34. The Kier molecular flexibility index (Phi) is 11.4. The second-order valence-corrected chi connectivity index (χ2v) is 14.6. The minimum absolute atomic E-state index is 0.0446. The molecule has 0 radical (unpaired) electrons. The number of nitrogens with zero attached hydrogens (tertiary/aromatic N) is 2. The van der Waals surface area contributed by atoms with Crippen LogP contribution in [0.25, 0.3) is 0 Å². The van der Waals surface area contributed by atoms with E-state index in [1.54, 1.807) is 48.5 Å². The van der Waals surface area contributed by atoms with E-state index in [-0.39, 0.29) is 29.8 Å². The van der Waals surface area contributed by atoms with Crippen molar-refractivity contribution in [1.29, 1.82) is 0 Å². The van der Waals surface area contributed by atoms with Gasteiger partial charge < -0.3 is 15.0 Å². The average Bonchev–Trinajstić information content (AvgIpc) is 3.59. The van der Waals surface area contributed by atoms with E-state index in [1.165, 1.54) is 12.0 Å². The van der Waals surface area contributed by atoms with Crippen LogP contribution in [-0.4, -0.2) is 50.9 Å². The number of benzene rings is 4. The van der Waals surface area contributed by atoms with E-state index < -0.39 is 28.5 Å². The maximum absolute atomic E-state index is 14.6. The molecule has 10 heteroatoms. The summed E-state index contributed by atoms with van der Waals surface area (Å²) in [5, 5.41) is 3.20. The molecule has 0 saturated heterocycles. The molecule has 0 bridgehead atoms. The number of anilines is 1. The number of nitrogens with one attached hydrogen (secondary N) is 1. The predicted molar refractivity (Wildman–Crippen MR) is 188 cm³/mol. The molecular formula is C37H40BrN3O5S. The molecule has 1 fully saturated rings. The molecule has 1 saturated carbocycles. The predicted octanol–water partition coefficient (Wildman–Crippen LogP) is 6.66. The molecule has 0 heterocycles. The van der Waals surface area contributed by atoms with Gasteiger partial charge in [0.15, 0.2) is 0 Å². The molecular weight excluding hydrogens is 678 g/mol. The second kappa shape index (κ2) is 15.6. The van der Waals surface area contributed by atoms with E-state index in [0.29, 0.717) is 11.4 Å². The van der Waals surface area contributed by atoms with Crippen molar-refractivity contribution in [1.82, 2.24) is 10.2 Å². The van der Waals surface area contributed by atoms with Crippen LogP contribution in [0.15, 0.2) is 112 Å². The summed E-state index contributed by atoms with van der Waals surface area (Å²) in [7, 11) is -2.65. The van der Waals surface area contributed by atoms with E-state index in [4.69, 9.17) is 4.74 Å². The van der Waals surface area contributed by atoms with Crippen molar-refractivity contribution in [3.8, 4) is 5.75 Å². The quantitative estimate of drug-likeness (QED) is 0.167. The van der Waals surface area contributed by atoms with Crippen molar-refractivity contribution >= 4 is 43.5 Å². The van der Waals surface area contributed by atoms with Gasteiger partial charge in [0, 0.05) is 23.5 Å². The molecule has 0 aliphatic heterocycles. The lowest BCUT2D eigenvalue weighted by Crippen LogP contribution is -2.54. The van der Waals surface area contributed by atoms with Crippen molar-refractivity contribution < 1.29 is 22.7 Å². The van der Waals surface area contributed by atoms with Gasteiger partial charge in [0.1, 0.15) is 18.3 Å². The normalized spacial score (nSPS) is 13.9. The molecule has 0 spiro atoms. The van der Waals surface area contributed by atoms with Crippen molar-refractivity contribution in [3.63, 3.8) is 0 Å². The average molecular weight is 719 g/mol. The Morgan fingerprint density at radius 3 is 2.13 bits per heavy atom. The minimum atomic E-state index is -4.18. The summed E-state index contributed by atoms with van der Waals surface area (Å²) in [6.07, 6.45) is 4.15. The minimum Gasteiger partial charge on any atom is -0.497 e. The summed E-state index contributed by atoms with van der Waals surface area (Å²) in [6.45, 7) is 1.48. The molecule has 246 valence electrons. The number of methoxy groups -OCH3 is 1. The molecule has 0 unspecified atom stereocenters. The molecule has 2 amide bonds. The van der Waals surface area contributed by atoms with Crippen molar-refractivity contribution in [2.45, 2.75) is 62.6 Å². The number of hydrogen-bond donors (Lipinski definition) is 1. The van der Waals surface area contributed by atoms with Gasteiger partial charge in [-0.3, -0.25) is 13.9 Å². The van der Waals surface area contributed by atoms with E-state index >= 15 is 0 Å². The topological polar surface area (TPSA) is 96.0 Å². The Labute approximate surface area is 285 Å². The molecule has 0 aromatic heterocycles. The standard InChI is InChI=1S/C37H40BrN3O5S/c1-27-12-22-34(23-13-27)47(44,45)41(32-18-20-33(46-2)21-19-32)26-36(42)40(25-29-14-16-30(38)17-15-29)35(24-28-8-4-3-5-9-28)37(43)39-31-10-6-7-11-31/h3-5,8-9,12-23,31,35H,6-7,10-11,24-26H2,1-2H3,(H,39,43)/t35-/m1/s1. The highest BCUT2D eigenvalue weighted by Crippen LogP contribution is 2.28. The summed E-state index contributed by atoms with van der Waals surface area (Å²) in [6, 6.07) is 29.4. The number of carbonyl (C=O) groups is 2. The van der Waals surface area contributed by atoms with Crippen LogP contribution >= 0.6 is 15.9 Å². The first-order valence-electron chi connectivity index (χ1n) is 15.8. The van der Waals surface area contributed by atoms with Gasteiger partial charge in [-0.25, -0.2) is 8.42 Å². The Hall–Kier alpha value is -4.15. The highest BCUT2D eigenvalue weighted by molar-refractivity contribution is 9.10. The SMILES string of the molecule is COc1ccc(N(CC(=O)N(Cc2ccc(Br)cc2)[C@H](Cc2ccccc2)C(=O)NC2CCCC2)S(=O)(=O)c2ccc(C)cc2)cc1. The molecule has 4 aromatic carbocycles. The summed E-state index contributed by atoms with van der Waals surface area (Å²) in [4.78, 5) is 30.3. The molecule has 8 nitrogen and oxygen atoms in total. The van der Waals surface area contributed by atoms with Gasteiger partial charge in [-0.2, -0.15) is 0 Å². The van der Waals surface area contributed by atoms with Crippen molar-refractivity contribution in [3.05, 3.63) is 124 Å². The Balaban J connectivity index is 1.56. The molecule has 1 N–H and O–H groups in total. The molecule has 47 heavy (non-hydrogen) atoms. The molecule has 1 aliphatic rings. The van der Waals surface area contributed by atoms with Gasteiger partial charge in [-0.05, 0) is 79.4 Å². The number of aryl methyl sites for hydroxylation is 1. The summed E-state index contributed by atoms with van der Waals surface area (Å²) >= 11 is 3.48. The van der Waals surface area contributed by atoms with Gasteiger partial charge in [0.2, 0.25) is 11.8 Å². The molecule has 4 aromatic rings. The van der Waals surface area contributed by atoms with E-state index in [9.17, 15) is 18.0 Å². The summed E-state index contributed by atoms with van der Waals surface area (Å²) in [5.74, 6) is -0.193. The molecule has 1 aliphatic carbocycles. The number of rotatable bonds is 13. The number of amides is 2. The zero-order valence-electron chi connectivity index (χ0n) is 26.6. The van der Waals surface area contributed by atoms with E-state index in [1.807, 2.05) is 61.5 Å². The van der Waals surface area contributed by atoms with Crippen LogP contribution in [0.2, 0.25) is 0 Å². The van der Waals surface area contributed by atoms with Crippen LogP contribution in [0.4, 0.5) is 5.69 Å². The number of ether oxygens (including phenoxy) is 1. The zero-order valence-corrected chi connectivity index (χ0v) is 29.0. The number of hydrogen-bond acceptors (Lipinski definition) is 5. The van der Waals surface area contributed by atoms with Crippen LogP contribution in [0.5, 0.6) is 5.75 Å². The maximum Gasteiger partial charge on any atom is 0.264 e. The first kappa shape index (κ1) is 34.2. The highest BCUT2D eigenvalue weighted by Gasteiger charge is 2.35. The zero-order chi connectivity index (χ0) is 33.4. The monoisotopic (exact) mass is 717 g/mol. The van der Waals surface area contributed by atoms with Crippen LogP contribution in [0.3, 0.4) is 0 Å². The van der Waals surface area contributed by atoms with Gasteiger partial charge in [-0.1, -0.05) is 88.9 Å². The summed E-state index contributed by atoms with van der Waals surface area (Å²) in [5.41, 5.74) is 2.92. The number of carbonyl (C=O) groups excluding carboxylic acids is 2. The van der Waals surface area contributed by atoms with Gasteiger partial charge >= 0.3 is 0 Å². The highest BCUT2D eigenvalue weighted by atomic mass is 79.9. The largest absolute Gasteiger partial charge is 0.497 e. The van der Waals surface area contributed by atoms with E-state index in [0.717, 1.165) is 51.2 Å². The Morgan fingerprint density at radius 1 is 0.872 bits per heavy atom. The number of halogens is 1. The van der Waals surface area contributed by atoms with E-state index in [2.05, 4.69) is 21.2 Å². The fourth-order valence-electron chi connectivity index (χ4n) is 5.82. The first-order valence-corrected chi connectivity index (χ1v) is 18.0. The Bertz CT molecular complexity index is 1740. The lowest BCUT2D eigenvalue weighted by molar-refractivity contribution is -0.140. The van der Waals surface area contributed by atoms with Gasteiger partial charge in [-0.15, -0.1) is 0 Å². The van der Waals surface area contributed by atoms with Gasteiger partial charge in [0.05, 0.1) is 17.7 Å². The Morgan fingerprint density at radius 2 is 1.51 bits per heavy atom. The first-order chi connectivity index (χ1) is 22.6. The van der Waals surface area contributed by atoms with Crippen LogP contribution < -0.4 is 14.4 Å². The maximum atomic E-state index is 14.6. The fourth-order valence-corrected chi connectivity index (χ4v) is 7.50. The molecule has 5 rings (SSSR count). The lowest BCUT2D eigenvalue weighted by atomic mass is 10.0. The van der Waals surface area contributed by atoms with Crippen molar-refractivity contribution in [2.24, 2.45) is 0 Å².